The molecule has 0 aromatic carbocycles. The van der Waals surface area contributed by atoms with Crippen LogP contribution in [0.5, 0.6) is 0 Å². The van der Waals surface area contributed by atoms with E-state index in [1.54, 1.807) is 27.6 Å². The number of nitrogens with one attached hydrogen (secondary N) is 3. The van der Waals surface area contributed by atoms with E-state index in [4.69, 9.17) is 0 Å². The normalized spacial score (nSPS) is 15.6. The third kappa shape index (κ3) is 6.01. The molecule has 17 heavy (non-hydrogen) atoms. The second-order valence-corrected chi connectivity index (χ2v) is 4.49. The van der Waals surface area contributed by atoms with Crippen LogP contribution in [0.4, 0.5) is 0 Å². The van der Waals surface area contributed by atoms with Gasteiger partial charge in [-0.2, -0.15) is 0 Å². The Hall–Kier alpha value is -0.645. The van der Waals surface area contributed by atoms with Gasteiger partial charge in [0.15, 0.2) is 0 Å². The van der Waals surface area contributed by atoms with Crippen LogP contribution < -0.4 is 15.7 Å². The Kier molecular flexibility index (Phi) is 7.35. The van der Waals surface area contributed by atoms with E-state index in [0.717, 1.165) is 0 Å². The standard InChI is InChI=1S/C9H21BN3O3P/c1-5(11-9(15)6(2)13-17)8(14)12-7(3)10(4)16/h5-7,13,16H,17H2,1-4H3,(H,11,15)(H,12,14)/t5?,6?,7-/m0/s1. The zero-order chi connectivity index (χ0) is 13.6. The first-order valence-corrected chi connectivity index (χ1v) is 6.12. The van der Waals surface area contributed by atoms with Gasteiger partial charge in [0.1, 0.15) is 6.04 Å². The number of hydrogen-bond donors (Lipinski definition) is 4. The minimum Gasteiger partial charge on any atom is -0.449 e. The Morgan fingerprint density at radius 3 is 2.00 bits per heavy atom. The second-order valence-electron chi connectivity index (χ2n) is 4.16. The first kappa shape index (κ1) is 16.4. The zero-order valence-corrected chi connectivity index (χ0v) is 11.8. The molecule has 4 N–H and O–H groups in total. The quantitative estimate of drug-likeness (QED) is 0.361. The molecule has 0 aromatic rings. The van der Waals surface area contributed by atoms with Crippen LogP contribution in [0.2, 0.25) is 6.82 Å². The molecule has 3 unspecified atom stereocenters. The average molecular weight is 261 g/mol. The molecule has 0 rings (SSSR count). The topological polar surface area (TPSA) is 90.5 Å². The third-order valence-corrected chi connectivity index (χ3v) is 2.99. The van der Waals surface area contributed by atoms with Gasteiger partial charge in [-0.3, -0.25) is 14.7 Å². The molecular weight excluding hydrogens is 240 g/mol. The van der Waals surface area contributed by atoms with E-state index in [9.17, 15) is 14.6 Å². The van der Waals surface area contributed by atoms with Gasteiger partial charge in [-0.25, -0.2) is 0 Å². The van der Waals surface area contributed by atoms with Gasteiger partial charge in [0.05, 0.1) is 6.04 Å². The highest BCUT2D eigenvalue weighted by Gasteiger charge is 2.22. The molecule has 0 aliphatic carbocycles. The lowest BCUT2D eigenvalue weighted by Crippen LogP contribution is -2.53. The summed E-state index contributed by atoms with van der Waals surface area (Å²) in [6, 6.07) is -1.02. The van der Waals surface area contributed by atoms with E-state index in [1.165, 1.54) is 0 Å². The summed E-state index contributed by atoms with van der Waals surface area (Å²) in [4.78, 5) is 23.1. The smallest absolute Gasteiger partial charge is 0.308 e. The lowest BCUT2D eigenvalue weighted by molar-refractivity contribution is -0.129. The van der Waals surface area contributed by atoms with Crippen molar-refractivity contribution in [3.63, 3.8) is 0 Å². The van der Waals surface area contributed by atoms with Gasteiger partial charge in [0.2, 0.25) is 11.8 Å². The molecule has 98 valence electrons. The van der Waals surface area contributed by atoms with Crippen LogP contribution in [0.3, 0.4) is 0 Å². The van der Waals surface area contributed by atoms with Crippen molar-refractivity contribution in [2.24, 2.45) is 0 Å². The predicted octanol–water partition coefficient (Wildman–Crippen LogP) is -1.08. The average Bonchev–Trinajstić information content (AvgIpc) is 2.27. The third-order valence-electron chi connectivity index (χ3n) is 2.49. The fraction of sp³-hybridized carbons (Fsp3) is 0.778. The summed E-state index contributed by atoms with van der Waals surface area (Å²) in [7, 11) is 2.24. The van der Waals surface area contributed by atoms with E-state index in [-0.39, 0.29) is 23.8 Å². The first-order chi connectivity index (χ1) is 7.79. The van der Waals surface area contributed by atoms with Gasteiger partial charge in [-0.1, -0.05) is 16.2 Å². The fourth-order valence-corrected chi connectivity index (χ4v) is 1.10. The van der Waals surface area contributed by atoms with Crippen molar-refractivity contribution in [3.05, 3.63) is 0 Å². The van der Waals surface area contributed by atoms with Crippen LogP contribution in [0.1, 0.15) is 20.8 Å². The van der Waals surface area contributed by atoms with E-state index in [1.807, 2.05) is 0 Å². The predicted molar refractivity (Wildman–Crippen MR) is 71.4 cm³/mol. The molecule has 0 bridgehead atoms. The van der Waals surface area contributed by atoms with Crippen LogP contribution in [-0.2, 0) is 9.59 Å². The Balaban J connectivity index is 4.19. The molecule has 0 aromatic heterocycles. The lowest BCUT2D eigenvalue weighted by atomic mass is 9.64. The Bertz CT molecular complexity index is 278. The maximum Gasteiger partial charge on any atom is 0.308 e. The summed E-state index contributed by atoms with van der Waals surface area (Å²) in [6.07, 6.45) is 0. The highest BCUT2D eigenvalue weighted by atomic mass is 31.0. The summed E-state index contributed by atoms with van der Waals surface area (Å²) in [5.74, 6) is -0.922. The van der Waals surface area contributed by atoms with E-state index >= 15 is 0 Å². The molecule has 0 radical (unpaired) electrons. The summed E-state index contributed by atoms with van der Waals surface area (Å²) < 4.78 is 0. The van der Waals surface area contributed by atoms with Crippen molar-refractivity contribution < 1.29 is 14.6 Å². The van der Waals surface area contributed by atoms with E-state index in [2.05, 4.69) is 25.1 Å². The van der Waals surface area contributed by atoms with Crippen LogP contribution in [0.25, 0.3) is 0 Å². The van der Waals surface area contributed by atoms with Crippen molar-refractivity contribution in [2.45, 2.75) is 45.6 Å². The fourth-order valence-electron chi connectivity index (χ4n) is 0.950. The largest absolute Gasteiger partial charge is 0.449 e. The van der Waals surface area contributed by atoms with Crippen LogP contribution >= 0.6 is 9.39 Å². The summed E-state index contributed by atoms with van der Waals surface area (Å²) >= 11 is 0. The van der Waals surface area contributed by atoms with E-state index in [0.29, 0.717) is 0 Å². The van der Waals surface area contributed by atoms with Crippen molar-refractivity contribution in [2.75, 3.05) is 0 Å². The summed E-state index contributed by atoms with van der Waals surface area (Å²) in [6.45, 7) is 5.94. The maximum atomic E-state index is 11.6. The Morgan fingerprint density at radius 2 is 1.59 bits per heavy atom. The zero-order valence-electron chi connectivity index (χ0n) is 10.7. The molecule has 0 fully saturated rings. The molecular formula is C9H21BN3O3P. The molecule has 6 nitrogen and oxygen atoms in total. The number of amides is 2. The molecule has 0 heterocycles. The summed E-state index contributed by atoms with van der Waals surface area (Å²) in [5, 5.41) is 17.1. The van der Waals surface area contributed by atoms with Crippen molar-refractivity contribution >= 4 is 28.1 Å². The van der Waals surface area contributed by atoms with Crippen LogP contribution in [0.15, 0.2) is 0 Å². The molecule has 0 aliphatic heterocycles. The molecule has 0 saturated carbocycles. The molecule has 4 atom stereocenters. The van der Waals surface area contributed by atoms with Gasteiger partial charge >= 0.3 is 6.92 Å². The van der Waals surface area contributed by atoms with Gasteiger partial charge in [-0.05, 0) is 20.8 Å². The Morgan fingerprint density at radius 1 is 1.12 bits per heavy atom. The summed E-state index contributed by atoms with van der Waals surface area (Å²) in [5.41, 5.74) is 0. The minimum absolute atomic E-state index is 0.257. The van der Waals surface area contributed by atoms with E-state index < -0.39 is 13.0 Å². The van der Waals surface area contributed by atoms with Gasteiger partial charge in [0.25, 0.3) is 0 Å². The highest BCUT2D eigenvalue weighted by molar-refractivity contribution is 7.13. The van der Waals surface area contributed by atoms with Crippen LogP contribution in [0, 0.1) is 0 Å². The SMILES string of the molecule is CB(O)[C@H](C)NC(=O)C(C)NC(=O)C(C)NP. The van der Waals surface area contributed by atoms with Crippen molar-refractivity contribution in [1.82, 2.24) is 15.7 Å². The first-order valence-electron chi connectivity index (χ1n) is 5.54. The van der Waals surface area contributed by atoms with Gasteiger partial charge in [-0.15, -0.1) is 0 Å². The van der Waals surface area contributed by atoms with Gasteiger partial charge in [0, 0.05) is 5.94 Å². The van der Waals surface area contributed by atoms with Gasteiger partial charge < -0.3 is 15.7 Å². The van der Waals surface area contributed by atoms with Crippen LogP contribution in [-0.4, -0.2) is 41.8 Å². The number of rotatable bonds is 6. The monoisotopic (exact) mass is 261 g/mol. The molecule has 0 aliphatic rings. The highest BCUT2D eigenvalue weighted by Crippen LogP contribution is 1.92. The van der Waals surface area contributed by atoms with Crippen molar-refractivity contribution in [3.8, 4) is 0 Å². The number of carbonyl (C=O) groups is 2. The Labute approximate surface area is 105 Å². The molecule has 0 saturated heterocycles. The molecule has 0 spiro atoms. The lowest BCUT2D eigenvalue weighted by Gasteiger charge is -2.20. The molecule has 2 amide bonds. The van der Waals surface area contributed by atoms with Crippen molar-refractivity contribution in [1.29, 1.82) is 0 Å². The second kappa shape index (κ2) is 7.64. The number of carbonyl (C=O) groups excluding carboxylic acids is 2. The molecule has 8 heteroatoms. The minimum atomic E-state index is -0.635. The maximum absolute atomic E-state index is 11.6. The number of hydrogen-bond acceptors (Lipinski definition) is 4.